The number of para-hydroxylation sites is 1. The maximum atomic E-state index is 13.6. The number of hydrogen-bond donors (Lipinski definition) is 1. The Morgan fingerprint density at radius 3 is 2.88 bits per heavy atom. The Morgan fingerprint density at radius 1 is 1.38 bits per heavy atom. The van der Waals surface area contributed by atoms with Gasteiger partial charge in [-0.05, 0) is 30.5 Å². The van der Waals surface area contributed by atoms with E-state index in [1.807, 2.05) is 5.38 Å². The van der Waals surface area contributed by atoms with Crippen LogP contribution in [-0.4, -0.2) is 20.7 Å². The number of amides is 1. The third-order valence-electron chi connectivity index (χ3n) is 3.45. The normalized spacial score (nSPS) is 12.3. The fourth-order valence-corrected chi connectivity index (χ4v) is 3.77. The summed E-state index contributed by atoms with van der Waals surface area (Å²) in [5.41, 5.74) is -0.0176. The number of benzene rings is 1. The summed E-state index contributed by atoms with van der Waals surface area (Å²) in [6.45, 7) is 1.69. The molecule has 0 aliphatic carbocycles. The molecule has 0 radical (unpaired) electrons. The quantitative estimate of drug-likeness (QED) is 0.571. The average molecular weight is 363 g/mol. The van der Waals surface area contributed by atoms with E-state index < -0.39 is 11.1 Å². The molecule has 124 valence electrons. The van der Waals surface area contributed by atoms with Crippen LogP contribution >= 0.6 is 23.1 Å². The molecule has 0 fully saturated rings. The van der Waals surface area contributed by atoms with Crippen molar-refractivity contribution in [1.29, 1.82) is 0 Å². The summed E-state index contributed by atoms with van der Waals surface area (Å²) in [7, 11) is 1.62. The number of anilines is 1. The van der Waals surface area contributed by atoms with Crippen LogP contribution in [0.2, 0.25) is 0 Å². The lowest BCUT2D eigenvalue weighted by molar-refractivity contribution is -0.115. The third kappa shape index (κ3) is 3.20. The molecule has 3 aromatic rings. The van der Waals surface area contributed by atoms with Crippen LogP contribution in [0.5, 0.6) is 0 Å². The van der Waals surface area contributed by atoms with E-state index in [4.69, 9.17) is 0 Å². The van der Waals surface area contributed by atoms with Crippen molar-refractivity contribution in [3.8, 4) is 0 Å². The average Bonchev–Trinajstić information content (AvgIpc) is 3.03. The highest BCUT2D eigenvalue weighted by molar-refractivity contribution is 8.00. The van der Waals surface area contributed by atoms with E-state index in [0.717, 1.165) is 11.8 Å². The van der Waals surface area contributed by atoms with E-state index >= 15 is 0 Å². The van der Waals surface area contributed by atoms with Crippen molar-refractivity contribution >= 4 is 44.9 Å². The van der Waals surface area contributed by atoms with Crippen LogP contribution in [0.1, 0.15) is 6.92 Å². The molecule has 2 heterocycles. The number of carbonyl (C=O) groups excluding carboxylic acids is 1. The summed E-state index contributed by atoms with van der Waals surface area (Å²) in [6.07, 6.45) is 0. The number of rotatable bonds is 4. The largest absolute Gasteiger partial charge is 0.323 e. The zero-order valence-corrected chi connectivity index (χ0v) is 14.6. The molecule has 8 heteroatoms. The van der Waals surface area contributed by atoms with Crippen molar-refractivity contribution in [3.05, 3.63) is 51.9 Å². The Labute approximate surface area is 145 Å². The number of hydrogen-bond acceptors (Lipinski definition) is 5. The molecule has 1 N–H and O–H groups in total. The monoisotopic (exact) mass is 363 g/mol. The molecular formula is C16H14FN3O2S2. The predicted octanol–water partition coefficient (Wildman–Crippen LogP) is 3.25. The molecule has 0 bridgehead atoms. The van der Waals surface area contributed by atoms with Crippen molar-refractivity contribution in [2.24, 2.45) is 7.05 Å². The van der Waals surface area contributed by atoms with Crippen LogP contribution in [0.25, 0.3) is 10.2 Å². The van der Waals surface area contributed by atoms with Crippen LogP contribution in [0.3, 0.4) is 0 Å². The molecule has 0 aliphatic rings. The van der Waals surface area contributed by atoms with Gasteiger partial charge in [-0.1, -0.05) is 23.9 Å². The van der Waals surface area contributed by atoms with E-state index in [0.29, 0.717) is 15.4 Å². The third-order valence-corrected chi connectivity index (χ3v) is 5.40. The summed E-state index contributed by atoms with van der Waals surface area (Å²) in [5.74, 6) is -0.848. The van der Waals surface area contributed by atoms with Gasteiger partial charge in [0.2, 0.25) is 5.91 Å². The minimum Gasteiger partial charge on any atom is -0.323 e. The first-order valence-corrected chi connectivity index (χ1v) is 8.89. The zero-order valence-electron chi connectivity index (χ0n) is 12.9. The van der Waals surface area contributed by atoms with Gasteiger partial charge in [0.05, 0.1) is 16.3 Å². The molecule has 2 aromatic heterocycles. The summed E-state index contributed by atoms with van der Waals surface area (Å²) < 4.78 is 15.0. The maximum absolute atomic E-state index is 13.6. The Kier molecular flexibility index (Phi) is 4.68. The molecule has 3 rings (SSSR count). The van der Waals surface area contributed by atoms with E-state index in [2.05, 4.69) is 10.3 Å². The number of thioether (sulfide) groups is 1. The van der Waals surface area contributed by atoms with Crippen molar-refractivity contribution in [3.63, 3.8) is 0 Å². The molecule has 0 spiro atoms. The number of thiophene rings is 1. The van der Waals surface area contributed by atoms with Gasteiger partial charge in [-0.2, -0.15) is 0 Å². The second-order valence-corrected chi connectivity index (χ2v) is 7.33. The molecule has 0 saturated carbocycles. The van der Waals surface area contributed by atoms with E-state index in [1.165, 1.54) is 28.0 Å². The van der Waals surface area contributed by atoms with Crippen LogP contribution < -0.4 is 10.9 Å². The summed E-state index contributed by atoms with van der Waals surface area (Å²) >= 11 is 2.54. The van der Waals surface area contributed by atoms with Gasteiger partial charge in [0.1, 0.15) is 10.6 Å². The lowest BCUT2D eigenvalue weighted by Gasteiger charge is -2.13. The molecule has 1 aromatic carbocycles. The van der Waals surface area contributed by atoms with Crippen molar-refractivity contribution in [1.82, 2.24) is 9.55 Å². The van der Waals surface area contributed by atoms with Gasteiger partial charge in [0.15, 0.2) is 5.16 Å². The zero-order chi connectivity index (χ0) is 17.3. The van der Waals surface area contributed by atoms with Crippen molar-refractivity contribution < 1.29 is 9.18 Å². The predicted molar refractivity (Wildman–Crippen MR) is 95.2 cm³/mol. The Bertz CT molecular complexity index is 967. The number of nitrogens with zero attached hydrogens (tertiary/aromatic N) is 2. The minimum absolute atomic E-state index is 0.130. The first-order chi connectivity index (χ1) is 11.5. The summed E-state index contributed by atoms with van der Waals surface area (Å²) in [6, 6.07) is 7.71. The van der Waals surface area contributed by atoms with Crippen LogP contribution in [0, 0.1) is 5.82 Å². The topological polar surface area (TPSA) is 64.0 Å². The Balaban J connectivity index is 1.80. The van der Waals surface area contributed by atoms with Gasteiger partial charge in [0, 0.05) is 7.05 Å². The van der Waals surface area contributed by atoms with Crippen LogP contribution in [-0.2, 0) is 11.8 Å². The minimum atomic E-state index is -0.542. The van der Waals surface area contributed by atoms with Gasteiger partial charge in [-0.3, -0.25) is 14.2 Å². The van der Waals surface area contributed by atoms with Gasteiger partial charge >= 0.3 is 0 Å². The highest BCUT2D eigenvalue weighted by atomic mass is 32.2. The fraction of sp³-hybridized carbons (Fsp3) is 0.188. The van der Waals surface area contributed by atoms with E-state index in [-0.39, 0.29) is 17.2 Å². The van der Waals surface area contributed by atoms with Gasteiger partial charge in [0.25, 0.3) is 5.56 Å². The Morgan fingerprint density at radius 2 is 2.12 bits per heavy atom. The van der Waals surface area contributed by atoms with Gasteiger partial charge < -0.3 is 5.32 Å². The van der Waals surface area contributed by atoms with Crippen LogP contribution in [0.15, 0.2) is 45.7 Å². The molecule has 0 aliphatic heterocycles. The lowest BCUT2D eigenvalue weighted by Crippen LogP contribution is -2.25. The molecule has 5 nitrogen and oxygen atoms in total. The van der Waals surface area contributed by atoms with E-state index in [1.54, 1.807) is 32.2 Å². The highest BCUT2D eigenvalue weighted by Gasteiger charge is 2.19. The van der Waals surface area contributed by atoms with Gasteiger partial charge in [-0.15, -0.1) is 11.3 Å². The van der Waals surface area contributed by atoms with Gasteiger partial charge in [-0.25, -0.2) is 9.37 Å². The first kappa shape index (κ1) is 16.7. The summed E-state index contributed by atoms with van der Waals surface area (Å²) in [5, 5.41) is 4.83. The first-order valence-electron chi connectivity index (χ1n) is 7.13. The highest BCUT2D eigenvalue weighted by Crippen LogP contribution is 2.25. The van der Waals surface area contributed by atoms with E-state index in [9.17, 15) is 14.0 Å². The number of halogens is 1. The standard InChI is InChI=1S/C16H14FN3O2S2/c1-9(13(21)18-12-6-4-3-5-11(12)17)24-16-19-14-10(7-8-23-14)15(22)20(16)2/h3-9H,1-2H3,(H,18,21)/t9-/m1/s1. The second kappa shape index (κ2) is 6.74. The summed E-state index contributed by atoms with van der Waals surface area (Å²) in [4.78, 5) is 29.6. The van der Waals surface area contributed by atoms with Crippen LogP contribution in [0.4, 0.5) is 10.1 Å². The number of fused-ring (bicyclic) bond motifs is 1. The fourth-order valence-electron chi connectivity index (χ4n) is 2.09. The maximum Gasteiger partial charge on any atom is 0.262 e. The molecule has 24 heavy (non-hydrogen) atoms. The molecule has 1 atom stereocenters. The second-order valence-electron chi connectivity index (χ2n) is 5.13. The molecule has 1 amide bonds. The Hall–Kier alpha value is -2.19. The van der Waals surface area contributed by atoms with Crippen molar-refractivity contribution in [2.45, 2.75) is 17.3 Å². The molecule has 0 unspecified atom stereocenters. The number of nitrogens with one attached hydrogen (secondary N) is 1. The number of aromatic nitrogens is 2. The molecular weight excluding hydrogens is 349 g/mol. The lowest BCUT2D eigenvalue weighted by atomic mass is 10.3. The SMILES string of the molecule is C[C@@H](Sc1nc2sccc2c(=O)n1C)C(=O)Nc1ccccc1F. The molecule has 0 saturated heterocycles. The smallest absolute Gasteiger partial charge is 0.262 e. The van der Waals surface area contributed by atoms with Crippen molar-refractivity contribution in [2.75, 3.05) is 5.32 Å². The number of carbonyl (C=O) groups is 1.